The Hall–Kier alpha value is -1.49. The minimum Gasteiger partial charge on any atom is -0.491 e. The van der Waals surface area contributed by atoms with Crippen LogP contribution >= 0.6 is 11.8 Å². The van der Waals surface area contributed by atoms with Gasteiger partial charge in [-0.3, -0.25) is 15.1 Å². The number of rotatable bonds is 5. The lowest BCUT2D eigenvalue weighted by Gasteiger charge is -2.20. The maximum Gasteiger partial charge on any atom is 0.243 e. The van der Waals surface area contributed by atoms with Crippen LogP contribution in [-0.2, 0) is 4.79 Å². The second kappa shape index (κ2) is 6.31. The van der Waals surface area contributed by atoms with Crippen molar-refractivity contribution in [3.63, 3.8) is 0 Å². The Morgan fingerprint density at radius 1 is 1.45 bits per heavy atom. The molecule has 1 aromatic rings. The van der Waals surface area contributed by atoms with E-state index in [9.17, 15) is 4.79 Å². The van der Waals surface area contributed by atoms with Gasteiger partial charge >= 0.3 is 0 Å². The van der Waals surface area contributed by atoms with Gasteiger partial charge in [-0.15, -0.1) is 0 Å². The van der Waals surface area contributed by atoms with Crippen LogP contribution in [0.3, 0.4) is 0 Å². The summed E-state index contributed by atoms with van der Waals surface area (Å²) in [6.45, 7) is 6.89. The van der Waals surface area contributed by atoms with Crippen LogP contribution in [0.5, 0.6) is 5.75 Å². The van der Waals surface area contributed by atoms with Crippen molar-refractivity contribution in [2.75, 3.05) is 17.3 Å². The van der Waals surface area contributed by atoms with E-state index in [1.54, 1.807) is 0 Å². The smallest absolute Gasteiger partial charge is 0.243 e. The van der Waals surface area contributed by atoms with E-state index < -0.39 is 0 Å². The maximum atomic E-state index is 11.9. The summed E-state index contributed by atoms with van der Waals surface area (Å²) in [6.07, 6.45) is 0.966. The molecule has 0 bridgehead atoms. The molecule has 1 aliphatic rings. The number of thioether (sulfide) groups is 1. The molecule has 0 aliphatic carbocycles. The number of carbonyl (C=O) groups is 1. The number of carbonyl (C=O) groups excluding carboxylic acids is 1. The monoisotopic (exact) mass is 292 g/mol. The number of amidine groups is 1. The molecule has 1 N–H and O–H groups in total. The minimum absolute atomic E-state index is 0.0562. The van der Waals surface area contributed by atoms with Crippen molar-refractivity contribution in [3.8, 4) is 5.75 Å². The quantitative estimate of drug-likeness (QED) is 0.904. The lowest BCUT2D eigenvalue weighted by Crippen LogP contribution is -2.29. The third-order valence-corrected chi connectivity index (χ3v) is 3.94. The van der Waals surface area contributed by atoms with E-state index in [0.717, 1.165) is 12.0 Å². The zero-order valence-corrected chi connectivity index (χ0v) is 12.9. The highest BCUT2D eigenvalue weighted by Crippen LogP contribution is 2.34. The average Bonchev–Trinajstić information content (AvgIpc) is 2.70. The Kier molecular flexibility index (Phi) is 4.70. The third kappa shape index (κ3) is 3.33. The van der Waals surface area contributed by atoms with Crippen molar-refractivity contribution in [3.05, 3.63) is 23.8 Å². The first kappa shape index (κ1) is 14.9. The largest absolute Gasteiger partial charge is 0.491 e. The zero-order chi connectivity index (χ0) is 14.7. The number of benzene rings is 1. The van der Waals surface area contributed by atoms with Gasteiger partial charge in [0.2, 0.25) is 5.91 Å². The molecule has 1 amide bonds. The summed E-state index contributed by atoms with van der Waals surface area (Å²) in [5, 5.41) is 8.17. The summed E-state index contributed by atoms with van der Waals surface area (Å²) in [7, 11) is 0. The van der Waals surface area contributed by atoms with Crippen LogP contribution in [0, 0.1) is 18.3 Å². The molecule has 0 aromatic heterocycles. The van der Waals surface area contributed by atoms with Crippen molar-refractivity contribution in [1.29, 1.82) is 5.41 Å². The molecule has 0 atom stereocenters. The summed E-state index contributed by atoms with van der Waals surface area (Å²) in [5.74, 6) is 1.53. The minimum atomic E-state index is -0.0562. The van der Waals surface area contributed by atoms with Gasteiger partial charge < -0.3 is 4.74 Å². The van der Waals surface area contributed by atoms with Crippen LogP contribution in [-0.4, -0.2) is 23.4 Å². The molecule has 1 aromatic carbocycles. The SMILES string of the molecule is Cc1ccc(OCCC(C)C)c(N2C(=N)SCC2=O)c1. The van der Waals surface area contributed by atoms with Gasteiger partial charge in [-0.25, -0.2) is 0 Å². The number of ether oxygens (including phenoxy) is 1. The molecule has 1 heterocycles. The lowest BCUT2D eigenvalue weighted by molar-refractivity contribution is -0.115. The molecule has 0 radical (unpaired) electrons. The van der Waals surface area contributed by atoms with Gasteiger partial charge in [0.15, 0.2) is 5.17 Å². The number of hydrogen-bond acceptors (Lipinski definition) is 4. The first-order valence-corrected chi connectivity index (χ1v) is 7.75. The Morgan fingerprint density at radius 2 is 2.20 bits per heavy atom. The molecule has 1 fully saturated rings. The van der Waals surface area contributed by atoms with Gasteiger partial charge in [0.25, 0.3) is 0 Å². The maximum absolute atomic E-state index is 11.9. The average molecular weight is 292 g/mol. The summed E-state index contributed by atoms with van der Waals surface area (Å²) < 4.78 is 5.81. The van der Waals surface area contributed by atoms with Crippen molar-refractivity contribution < 1.29 is 9.53 Å². The van der Waals surface area contributed by atoms with Crippen LogP contribution in [0.4, 0.5) is 5.69 Å². The standard InChI is InChI=1S/C15H20N2O2S/c1-10(2)6-7-19-13-5-4-11(3)8-12(13)17-14(18)9-20-15(17)16/h4-5,8,10,16H,6-7,9H2,1-3H3. The molecule has 5 heteroatoms. The van der Waals surface area contributed by atoms with Crippen molar-refractivity contribution >= 4 is 28.5 Å². The highest BCUT2D eigenvalue weighted by molar-refractivity contribution is 8.15. The molecular weight excluding hydrogens is 272 g/mol. The summed E-state index contributed by atoms with van der Waals surface area (Å²) in [4.78, 5) is 13.4. The third-order valence-electron chi connectivity index (χ3n) is 3.09. The number of hydrogen-bond donors (Lipinski definition) is 1. The van der Waals surface area contributed by atoms with Crippen molar-refractivity contribution in [2.24, 2.45) is 5.92 Å². The van der Waals surface area contributed by atoms with Crippen LogP contribution < -0.4 is 9.64 Å². The van der Waals surface area contributed by atoms with Gasteiger partial charge in [0.05, 0.1) is 18.0 Å². The Bertz CT molecular complexity index is 513. The zero-order valence-electron chi connectivity index (χ0n) is 12.1. The van der Waals surface area contributed by atoms with E-state index in [1.165, 1.54) is 16.7 Å². The fourth-order valence-electron chi connectivity index (χ4n) is 1.94. The van der Waals surface area contributed by atoms with E-state index >= 15 is 0 Å². The molecule has 0 saturated carbocycles. The predicted molar refractivity (Wildman–Crippen MR) is 83.8 cm³/mol. The first-order valence-electron chi connectivity index (χ1n) is 6.77. The Labute approximate surface area is 124 Å². The predicted octanol–water partition coefficient (Wildman–Crippen LogP) is 3.43. The topological polar surface area (TPSA) is 53.4 Å². The van der Waals surface area contributed by atoms with E-state index in [1.807, 2.05) is 25.1 Å². The second-order valence-corrected chi connectivity index (χ2v) is 6.29. The number of amides is 1. The summed E-state index contributed by atoms with van der Waals surface area (Å²) >= 11 is 1.26. The molecule has 20 heavy (non-hydrogen) atoms. The van der Waals surface area contributed by atoms with Crippen LogP contribution in [0.15, 0.2) is 18.2 Å². The van der Waals surface area contributed by atoms with Crippen molar-refractivity contribution in [2.45, 2.75) is 27.2 Å². The van der Waals surface area contributed by atoms with Gasteiger partial charge in [0, 0.05) is 0 Å². The summed E-state index contributed by atoms with van der Waals surface area (Å²) in [5.41, 5.74) is 1.74. The highest BCUT2D eigenvalue weighted by atomic mass is 32.2. The van der Waals surface area contributed by atoms with Gasteiger partial charge in [-0.05, 0) is 37.0 Å². The van der Waals surface area contributed by atoms with E-state index in [4.69, 9.17) is 10.1 Å². The summed E-state index contributed by atoms with van der Waals surface area (Å²) in [6, 6.07) is 5.75. The van der Waals surface area contributed by atoms with E-state index in [0.29, 0.717) is 29.7 Å². The van der Waals surface area contributed by atoms with Gasteiger partial charge in [-0.2, -0.15) is 0 Å². The highest BCUT2D eigenvalue weighted by Gasteiger charge is 2.30. The number of anilines is 1. The van der Waals surface area contributed by atoms with Gasteiger partial charge in [-0.1, -0.05) is 31.7 Å². The Balaban J connectivity index is 2.24. The van der Waals surface area contributed by atoms with E-state index in [2.05, 4.69) is 13.8 Å². The molecule has 2 rings (SSSR count). The molecule has 1 aliphatic heterocycles. The van der Waals surface area contributed by atoms with Gasteiger partial charge in [0.1, 0.15) is 5.75 Å². The second-order valence-electron chi connectivity index (χ2n) is 5.33. The fourth-order valence-corrected chi connectivity index (χ4v) is 2.66. The molecule has 1 saturated heterocycles. The number of aryl methyl sites for hydroxylation is 1. The molecule has 108 valence electrons. The lowest BCUT2D eigenvalue weighted by atomic mass is 10.1. The molecule has 4 nitrogen and oxygen atoms in total. The van der Waals surface area contributed by atoms with Crippen LogP contribution in [0.25, 0.3) is 0 Å². The molecule has 0 unspecified atom stereocenters. The molecular formula is C15H20N2O2S. The van der Waals surface area contributed by atoms with Crippen molar-refractivity contribution in [1.82, 2.24) is 0 Å². The van der Waals surface area contributed by atoms with E-state index in [-0.39, 0.29) is 11.1 Å². The Morgan fingerprint density at radius 3 is 2.80 bits per heavy atom. The number of nitrogens with zero attached hydrogens (tertiary/aromatic N) is 1. The van der Waals surface area contributed by atoms with Crippen LogP contribution in [0.1, 0.15) is 25.8 Å². The first-order chi connectivity index (χ1) is 9.49. The molecule has 0 spiro atoms. The van der Waals surface area contributed by atoms with Crippen LogP contribution in [0.2, 0.25) is 0 Å². The fraction of sp³-hybridized carbons (Fsp3) is 0.467. The normalized spacial score (nSPS) is 15.3. The number of nitrogens with one attached hydrogen (secondary N) is 1.